The van der Waals surface area contributed by atoms with Gasteiger partial charge in [0.25, 0.3) is 11.8 Å². The summed E-state index contributed by atoms with van der Waals surface area (Å²) in [5.74, 6) is 0.832. The molecule has 0 aliphatic carbocycles. The second-order valence-electron chi connectivity index (χ2n) is 8.37. The van der Waals surface area contributed by atoms with Gasteiger partial charge in [-0.15, -0.1) is 0 Å². The van der Waals surface area contributed by atoms with E-state index in [1.165, 1.54) is 10.9 Å². The third-order valence-corrected chi connectivity index (χ3v) is 6.04. The predicted molar refractivity (Wildman–Crippen MR) is 128 cm³/mol. The number of anilines is 1. The Kier molecular flexibility index (Phi) is 6.03. The Morgan fingerprint density at radius 2 is 1.82 bits per heavy atom. The highest BCUT2D eigenvalue weighted by Crippen LogP contribution is 2.26. The Balaban J connectivity index is 1.26. The van der Waals surface area contributed by atoms with Gasteiger partial charge in [-0.2, -0.15) is 5.10 Å². The van der Waals surface area contributed by atoms with Crippen molar-refractivity contribution in [2.24, 2.45) is 7.05 Å². The molecule has 0 bridgehead atoms. The van der Waals surface area contributed by atoms with Crippen LogP contribution in [-0.4, -0.2) is 39.6 Å². The van der Waals surface area contributed by atoms with E-state index in [-0.39, 0.29) is 18.3 Å². The van der Waals surface area contributed by atoms with Crippen LogP contribution >= 0.6 is 0 Å². The van der Waals surface area contributed by atoms with Crippen molar-refractivity contribution < 1.29 is 18.7 Å². The molecule has 4 aromatic rings. The number of nitrogens with one attached hydrogen (secondary N) is 1. The number of carbonyl (C=O) groups is 2. The Labute approximate surface area is 197 Å². The van der Waals surface area contributed by atoms with Crippen LogP contribution < -0.4 is 10.1 Å². The van der Waals surface area contributed by atoms with E-state index in [9.17, 15) is 9.59 Å². The van der Waals surface area contributed by atoms with Crippen LogP contribution in [0, 0.1) is 0 Å². The molecule has 0 saturated carbocycles. The molecule has 2 amide bonds. The molecular formula is C26H26N4O4. The molecule has 2 aromatic heterocycles. The third kappa shape index (κ3) is 4.39. The standard InChI is InChI=1S/C26H26N4O4/c1-29-24(26(32)30-14-5-2-6-15-30)21(16-27-29)28-25(31)23-13-12-19(34-23)17-33-22-11-7-9-18-8-3-4-10-20(18)22/h3-4,7-13,16H,2,5-6,14-15,17H2,1H3,(H,28,31). The van der Waals surface area contributed by atoms with E-state index in [2.05, 4.69) is 10.4 Å². The maximum Gasteiger partial charge on any atom is 0.291 e. The first-order valence-electron chi connectivity index (χ1n) is 11.4. The largest absolute Gasteiger partial charge is 0.485 e. The summed E-state index contributed by atoms with van der Waals surface area (Å²) in [6.07, 6.45) is 4.59. The minimum atomic E-state index is -0.447. The fourth-order valence-electron chi connectivity index (χ4n) is 4.26. The Hall–Kier alpha value is -4.07. The summed E-state index contributed by atoms with van der Waals surface area (Å²) in [7, 11) is 1.70. The number of hydrogen-bond acceptors (Lipinski definition) is 5. The molecule has 1 N–H and O–H groups in total. The molecule has 1 aliphatic heterocycles. The van der Waals surface area contributed by atoms with Crippen molar-refractivity contribution >= 4 is 28.3 Å². The van der Waals surface area contributed by atoms with Gasteiger partial charge in [-0.05, 0) is 42.8 Å². The number of rotatable bonds is 6. The first-order valence-corrected chi connectivity index (χ1v) is 11.4. The minimum Gasteiger partial charge on any atom is -0.485 e. The van der Waals surface area contributed by atoms with Crippen LogP contribution in [0.25, 0.3) is 10.8 Å². The number of benzene rings is 2. The van der Waals surface area contributed by atoms with Gasteiger partial charge < -0.3 is 19.4 Å². The summed E-state index contributed by atoms with van der Waals surface area (Å²) in [5, 5.41) is 9.05. The summed E-state index contributed by atoms with van der Waals surface area (Å²) in [5.41, 5.74) is 0.731. The van der Waals surface area contributed by atoms with E-state index in [0.29, 0.717) is 17.1 Å². The lowest BCUT2D eigenvalue weighted by atomic mass is 10.1. The smallest absolute Gasteiger partial charge is 0.291 e. The zero-order chi connectivity index (χ0) is 23.5. The van der Waals surface area contributed by atoms with Crippen molar-refractivity contribution in [2.75, 3.05) is 18.4 Å². The molecule has 1 saturated heterocycles. The molecular weight excluding hydrogens is 432 g/mol. The Morgan fingerprint density at radius 3 is 2.68 bits per heavy atom. The average Bonchev–Trinajstić information content (AvgIpc) is 3.49. The van der Waals surface area contributed by atoms with Crippen LogP contribution in [0.4, 0.5) is 5.69 Å². The van der Waals surface area contributed by atoms with Crippen LogP contribution in [0.2, 0.25) is 0 Å². The molecule has 174 valence electrons. The zero-order valence-corrected chi connectivity index (χ0v) is 19.0. The van der Waals surface area contributed by atoms with E-state index < -0.39 is 5.91 Å². The molecule has 0 spiro atoms. The Bertz CT molecular complexity index is 1330. The number of hydrogen-bond donors (Lipinski definition) is 1. The molecule has 8 heteroatoms. The van der Waals surface area contributed by atoms with Crippen molar-refractivity contribution in [3.63, 3.8) is 0 Å². The highest BCUT2D eigenvalue weighted by molar-refractivity contribution is 6.07. The van der Waals surface area contributed by atoms with E-state index >= 15 is 0 Å². The van der Waals surface area contributed by atoms with Crippen LogP contribution in [0.5, 0.6) is 5.75 Å². The summed E-state index contributed by atoms with van der Waals surface area (Å²) in [6.45, 7) is 1.62. The summed E-state index contributed by atoms with van der Waals surface area (Å²) >= 11 is 0. The highest BCUT2D eigenvalue weighted by Gasteiger charge is 2.26. The number of furan rings is 1. The number of carbonyl (C=O) groups excluding carboxylic acids is 2. The van der Waals surface area contributed by atoms with E-state index in [4.69, 9.17) is 9.15 Å². The quantitative estimate of drug-likeness (QED) is 0.455. The molecule has 0 unspecified atom stereocenters. The molecule has 5 rings (SSSR count). The number of aryl methyl sites for hydroxylation is 1. The topological polar surface area (TPSA) is 89.6 Å². The molecule has 1 fully saturated rings. The maximum absolute atomic E-state index is 13.0. The van der Waals surface area contributed by atoms with Gasteiger partial charge in [-0.25, -0.2) is 0 Å². The van der Waals surface area contributed by atoms with Gasteiger partial charge in [-0.1, -0.05) is 36.4 Å². The van der Waals surface area contributed by atoms with Gasteiger partial charge in [-0.3, -0.25) is 14.3 Å². The summed E-state index contributed by atoms with van der Waals surface area (Å²) in [6, 6.07) is 17.2. The predicted octanol–water partition coefficient (Wildman–Crippen LogP) is 4.62. The van der Waals surface area contributed by atoms with E-state index in [1.54, 1.807) is 19.2 Å². The lowest BCUT2D eigenvalue weighted by molar-refractivity contribution is 0.0714. The third-order valence-electron chi connectivity index (χ3n) is 6.04. The molecule has 0 atom stereocenters. The van der Waals surface area contributed by atoms with Crippen LogP contribution in [0.15, 0.2) is 65.2 Å². The molecule has 0 radical (unpaired) electrons. The number of nitrogens with zero attached hydrogens (tertiary/aromatic N) is 3. The first kappa shape index (κ1) is 21.8. The normalized spacial score (nSPS) is 13.7. The molecule has 3 heterocycles. The zero-order valence-electron chi connectivity index (χ0n) is 19.0. The molecule has 2 aromatic carbocycles. The SMILES string of the molecule is Cn1ncc(NC(=O)c2ccc(COc3cccc4ccccc34)o2)c1C(=O)N1CCCCC1. The molecule has 1 aliphatic rings. The number of aromatic nitrogens is 2. The molecule has 34 heavy (non-hydrogen) atoms. The van der Waals surface area contributed by atoms with Gasteiger partial charge >= 0.3 is 0 Å². The fourth-order valence-corrected chi connectivity index (χ4v) is 4.26. The van der Waals surface area contributed by atoms with Crippen LogP contribution in [0.3, 0.4) is 0 Å². The Morgan fingerprint density at radius 1 is 1.03 bits per heavy atom. The number of piperidine rings is 1. The summed E-state index contributed by atoms with van der Waals surface area (Å²) < 4.78 is 13.2. The van der Waals surface area contributed by atoms with Crippen LogP contribution in [-0.2, 0) is 13.7 Å². The molecule has 8 nitrogen and oxygen atoms in total. The second-order valence-corrected chi connectivity index (χ2v) is 8.37. The van der Waals surface area contributed by atoms with Gasteiger partial charge in [0.2, 0.25) is 0 Å². The average molecular weight is 459 g/mol. The summed E-state index contributed by atoms with van der Waals surface area (Å²) in [4.78, 5) is 27.7. The van der Waals surface area contributed by atoms with Gasteiger partial charge in [0.1, 0.15) is 23.8 Å². The number of fused-ring (bicyclic) bond motifs is 1. The van der Waals surface area contributed by atoms with Gasteiger partial charge in [0.05, 0.1) is 11.9 Å². The monoisotopic (exact) mass is 458 g/mol. The van der Waals surface area contributed by atoms with Crippen molar-refractivity contribution in [2.45, 2.75) is 25.9 Å². The lowest BCUT2D eigenvalue weighted by Crippen LogP contribution is -2.37. The van der Waals surface area contributed by atoms with E-state index in [1.807, 2.05) is 47.4 Å². The van der Waals surface area contributed by atoms with Crippen molar-refractivity contribution in [3.05, 3.63) is 78.0 Å². The fraction of sp³-hybridized carbons (Fsp3) is 0.269. The highest BCUT2D eigenvalue weighted by atomic mass is 16.5. The second kappa shape index (κ2) is 9.43. The number of likely N-dealkylation sites (tertiary alicyclic amines) is 1. The minimum absolute atomic E-state index is 0.126. The number of amides is 2. The van der Waals surface area contributed by atoms with Crippen molar-refractivity contribution in [3.8, 4) is 5.75 Å². The van der Waals surface area contributed by atoms with Crippen molar-refractivity contribution in [1.82, 2.24) is 14.7 Å². The lowest BCUT2D eigenvalue weighted by Gasteiger charge is -2.27. The number of ether oxygens (including phenoxy) is 1. The maximum atomic E-state index is 13.0. The van der Waals surface area contributed by atoms with E-state index in [0.717, 1.165) is 48.9 Å². The van der Waals surface area contributed by atoms with Crippen LogP contribution in [0.1, 0.15) is 46.1 Å². The first-order chi connectivity index (χ1) is 16.6. The van der Waals surface area contributed by atoms with Gasteiger partial charge in [0.15, 0.2) is 5.76 Å². The van der Waals surface area contributed by atoms with Crippen molar-refractivity contribution in [1.29, 1.82) is 0 Å². The van der Waals surface area contributed by atoms with Gasteiger partial charge in [0, 0.05) is 25.5 Å².